The Hall–Kier alpha value is -7.68. The third kappa shape index (κ3) is 5.91. The first-order valence-corrected chi connectivity index (χ1v) is 19.8. The molecular formula is C56H37NO. The molecule has 272 valence electrons. The highest BCUT2D eigenvalue weighted by Crippen LogP contribution is 2.45. The predicted octanol–water partition coefficient (Wildman–Crippen LogP) is 16.0. The quantitative estimate of drug-likeness (QED) is 0.162. The summed E-state index contributed by atoms with van der Waals surface area (Å²) in [4.78, 5) is 2.37. The van der Waals surface area contributed by atoms with E-state index in [1.165, 1.54) is 55.1 Å². The molecular weight excluding hydrogens is 703 g/mol. The molecule has 0 radical (unpaired) electrons. The van der Waals surface area contributed by atoms with Crippen molar-refractivity contribution >= 4 is 60.5 Å². The first kappa shape index (κ1) is 33.6. The lowest BCUT2D eigenvalue weighted by Gasteiger charge is -2.27. The van der Waals surface area contributed by atoms with E-state index in [0.717, 1.165) is 50.0 Å². The average molecular weight is 740 g/mol. The minimum absolute atomic E-state index is 0.865. The number of fused-ring (bicyclic) bond motifs is 6. The zero-order chi connectivity index (χ0) is 38.4. The zero-order valence-electron chi connectivity index (χ0n) is 31.7. The molecule has 0 spiro atoms. The molecule has 1 heterocycles. The van der Waals surface area contributed by atoms with E-state index >= 15 is 0 Å². The lowest BCUT2D eigenvalue weighted by Crippen LogP contribution is -2.10. The van der Waals surface area contributed by atoms with Crippen LogP contribution in [-0.4, -0.2) is 0 Å². The van der Waals surface area contributed by atoms with Crippen LogP contribution in [0.15, 0.2) is 229 Å². The second-order valence-electron chi connectivity index (χ2n) is 14.9. The van der Waals surface area contributed by atoms with Gasteiger partial charge >= 0.3 is 0 Å². The van der Waals surface area contributed by atoms with Crippen LogP contribution in [0.3, 0.4) is 0 Å². The van der Waals surface area contributed by atoms with E-state index in [0.29, 0.717) is 0 Å². The van der Waals surface area contributed by atoms with Gasteiger partial charge in [0.25, 0.3) is 0 Å². The van der Waals surface area contributed by atoms with Crippen molar-refractivity contribution in [3.8, 4) is 44.5 Å². The molecule has 10 aromatic carbocycles. The van der Waals surface area contributed by atoms with E-state index in [4.69, 9.17) is 4.42 Å². The second kappa shape index (κ2) is 14.1. The maximum atomic E-state index is 6.69. The number of nitrogens with zero attached hydrogens (tertiary/aromatic N) is 1. The topological polar surface area (TPSA) is 16.4 Å². The summed E-state index contributed by atoms with van der Waals surface area (Å²) in [7, 11) is 0. The van der Waals surface area contributed by atoms with Crippen LogP contribution in [0.25, 0.3) is 88.0 Å². The fourth-order valence-corrected chi connectivity index (χ4v) is 8.57. The molecule has 0 atom stereocenters. The Morgan fingerprint density at radius 2 is 0.862 bits per heavy atom. The number of benzene rings is 10. The normalized spacial score (nSPS) is 11.4. The van der Waals surface area contributed by atoms with Crippen molar-refractivity contribution < 1.29 is 4.42 Å². The highest BCUT2D eigenvalue weighted by molar-refractivity contribution is 6.19. The van der Waals surface area contributed by atoms with Crippen molar-refractivity contribution in [3.63, 3.8) is 0 Å². The van der Waals surface area contributed by atoms with Gasteiger partial charge in [-0.15, -0.1) is 0 Å². The highest BCUT2D eigenvalue weighted by atomic mass is 16.3. The first-order chi connectivity index (χ1) is 28.7. The van der Waals surface area contributed by atoms with Gasteiger partial charge in [-0.25, -0.2) is 0 Å². The summed E-state index contributed by atoms with van der Waals surface area (Å²) >= 11 is 0. The molecule has 0 amide bonds. The van der Waals surface area contributed by atoms with Crippen LogP contribution in [0.1, 0.15) is 0 Å². The molecule has 0 saturated carbocycles. The van der Waals surface area contributed by atoms with Gasteiger partial charge in [0, 0.05) is 22.1 Å². The molecule has 0 aliphatic carbocycles. The predicted molar refractivity (Wildman–Crippen MR) is 245 cm³/mol. The largest absolute Gasteiger partial charge is 0.455 e. The second-order valence-corrected chi connectivity index (χ2v) is 14.9. The first-order valence-electron chi connectivity index (χ1n) is 19.8. The smallest absolute Gasteiger partial charge is 0.143 e. The van der Waals surface area contributed by atoms with E-state index < -0.39 is 0 Å². The Morgan fingerprint density at radius 3 is 1.62 bits per heavy atom. The maximum Gasteiger partial charge on any atom is 0.143 e. The van der Waals surface area contributed by atoms with Crippen molar-refractivity contribution in [2.75, 3.05) is 4.90 Å². The SMILES string of the molecule is c1ccc(-c2ccc(-c3ccc(N(c4ccc(-c5ccc6ccccc6c5)cc4)c4cccc5oc6c7ccccc7ccc6c45)cc3)c(-c3ccccc3)c2)cc1. The van der Waals surface area contributed by atoms with Gasteiger partial charge in [0.05, 0.1) is 11.1 Å². The van der Waals surface area contributed by atoms with Crippen molar-refractivity contribution in [2.45, 2.75) is 0 Å². The van der Waals surface area contributed by atoms with Crippen LogP contribution >= 0.6 is 0 Å². The maximum absolute atomic E-state index is 6.69. The minimum atomic E-state index is 0.865. The monoisotopic (exact) mass is 739 g/mol. The molecule has 0 aliphatic heterocycles. The highest BCUT2D eigenvalue weighted by Gasteiger charge is 2.21. The fraction of sp³-hybridized carbons (Fsp3) is 0. The molecule has 1 aromatic heterocycles. The number of anilines is 3. The van der Waals surface area contributed by atoms with E-state index in [9.17, 15) is 0 Å². The molecule has 0 unspecified atom stereocenters. The van der Waals surface area contributed by atoms with Crippen molar-refractivity contribution in [3.05, 3.63) is 224 Å². The Bertz CT molecular complexity index is 3250. The summed E-state index contributed by atoms with van der Waals surface area (Å²) < 4.78 is 6.69. The minimum Gasteiger partial charge on any atom is -0.455 e. The summed E-state index contributed by atoms with van der Waals surface area (Å²) in [6.07, 6.45) is 0. The molecule has 0 fully saturated rings. The summed E-state index contributed by atoms with van der Waals surface area (Å²) in [6, 6.07) is 80.6. The Morgan fingerprint density at radius 1 is 0.310 bits per heavy atom. The molecule has 2 nitrogen and oxygen atoms in total. The third-order valence-corrected chi connectivity index (χ3v) is 11.5. The molecule has 0 saturated heterocycles. The molecule has 11 aromatic rings. The van der Waals surface area contributed by atoms with Gasteiger partial charge in [-0.2, -0.15) is 0 Å². The molecule has 58 heavy (non-hydrogen) atoms. The standard InChI is InChI=1S/C56H37NO/c1-3-12-38(13-4-1)46-29-34-49(52(37-46)41-15-5-2-6-16-41)43-26-32-48(33-27-43)57(47-30-24-40(25-31-47)45-23-22-39-14-7-8-18-44(39)36-45)53-20-11-21-54-55(53)51-35-28-42-17-9-10-19-50(42)56(51)58-54/h1-37H. The lowest BCUT2D eigenvalue weighted by molar-refractivity contribution is 0.672. The Balaban J connectivity index is 1.06. The van der Waals surface area contributed by atoms with E-state index in [1.807, 2.05) is 0 Å². The third-order valence-electron chi connectivity index (χ3n) is 11.5. The average Bonchev–Trinajstić information content (AvgIpc) is 3.70. The van der Waals surface area contributed by atoms with Crippen LogP contribution in [-0.2, 0) is 0 Å². The summed E-state index contributed by atoms with van der Waals surface area (Å²) in [5.41, 5.74) is 14.5. The molecule has 2 heteroatoms. The van der Waals surface area contributed by atoms with Gasteiger partial charge in [-0.3, -0.25) is 0 Å². The van der Waals surface area contributed by atoms with E-state index in [-0.39, 0.29) is 0 Å². The van der Waals surface area contributed by atoms with Gasteiger partial charge in [0.15, 0.2) is 0 Å². The van der Waals surface area contributed by atoms with Gasteiger partial charge in [0.1, 0.15) is 11.2 Å². The van der Waals surface area contributed by atoms with Crippen molar-refractivity contribution in [2.24, 2.45) is 0 Å². The van der Waals surface area contributed by atoms with Gasteiger partial charge in [-0.1, -0.05) is 170 Å². The Labute approximate surface area is 337 Å². The van der Waals surface area contributed by atoms with Crippen LogP contribution in [0.4, 0.5) is 17.1 Å². The van der Waals surface area contributed by atoms with Gasteiger partial charge in [-0.05, 0) is 115 Å². The van der Waals surface area contributed by atoms with Crippen LogP contribution in [0, 0.1) is 0 Å². The van der Waals surface area contributed by atoms with Gasteiger partial charge in [0.2, 0.25) is 0 Å². The lowest BCUT2D eigenvalue weighted by atomic mass is 9.91. The number of hydrogen-bond acceptors (Lipinski definition) is 2. The number of furan rings is 1. The molecule has 0 bridgehead atoms. The summed E-state index contributed by atoms with van der Waals surface area (Å²) in [5, 5.41) is 6.96. The molecule has 11 rings (SSSR count). The van der Waals surface area contributed by atoms with E-state index in [2.05, 4.69) is 229 Å². The number of hydrogen-bond donors (Lipinski definition) is 0. The summed E-state index contributed by atoms with van der Waals surface area (Å²) in [6.45, 7) is 0. The van der Waals surface area contributed by atoms with Crippen LogP contribution in [0.5, 0.6) is 0 Å². The van der Waals surface area contributed by atoms with Crippen LogP contribution in [0.2, 0.25) is 0 Å². The zero-order valence-corrected chi connectivity index (χ0v) is 31.7. The number of rotatable bonds is 7. The Kier molecular flexibility index (Phi) is 8.19. The molecule has 0 N–H and O–H groups in total. The van der Waals surface area contributed by atoms with Crippen molar-refractivity contribution in [1.82, 2.24) is 0 Å². The summed E-state index contributed by atoms with van der Waals surface area (Å²) in [5.74, 6) is 0. The molecule has 0 aliphatic rings. The fourth-order valence-electron chi connectivity index (χ4n) is 8.57. The van der Waals surface area contributed by atoms with Crippen LogP contribution < -0.4 is 4.90 Å². The van der Waals surface area contributed by atoms with Gasteiger partial charge < -0.3 is 9.32 Å². The van der Waals surface area contributed by atoms with E-state index in [1.54, 1.807) is 0 Å². The van der Waals surface area contributed by atoms with Crippen molar-refractivity contribution in [1.29, 1.82) is 0 Å².